The summed E-state index contributed by atoms with van der Waals surface area (Å²) >= 11 is 7.34. The van der Waals surface area contributed by atoms with Gasteiger partial charge in [-0.05, 0) is 25.1 Å². The van der Waals surface area contributed by atoms with Crippen LogP contribution in [-0.4, -0.2) is 19.9 Å². The third kappa shape index (κ3) is 4.48. The maximum Gasteiger partial charge on any atom is 0.242 e. The number of nitrogens with one attached hydrogen (secondary N) is 1. The van der Waals surface area contributed by atoms with E-state index in [9.17, 15) is 12.8 Å². The Labute approximate surface area is 160 Å². The number of aromatic nitrogens is 1. The molecule has 0 aliphatic rings. The molecule has 0 saturated carbocycles. The van der Waals surface area contributed by atoms with Crippen molar-refractivity contribution in [1.29, 1.82) is 0 Å². The Morgan fingerprint density at radius 1 is 1.19 bits per heavy atom. The second-order valence-electron chi connectivity index (χ2n) is 5.73. The lowest BCUT2D eigenvalue weighted by atomic mass is 10.2. The Morgan fingerprint density at radius 2 is 1.92 bits per heavy atom. The fraction of sp³-hybridized carbons (Fsp3) is 0.167. The quantitative estimate of drug-likeness (QED) is 0.653. The van der Waals surface area contributed by atoms with Crippen molar-refractivity contribution in [2.24, 2.45) is 0 Å². The van der Waals surface area contributed by atoms with Gasteiger partial charge in [0, 0.05) is 23.9 Å². The van der Waals surface area contributed by atoms with Crippen molar-refractivity contribution in [3.05, 3.63) is 69.9 Å². The molecule has 3 aromatic rings. The number of nitrogens with zero attached hydrogens (tertiary/aromatic N) is 1. The van der Waals surface area contributed by atoms with Gasteiger partial charge in [-0.25, -0.2) is 22.5 Å². The number of aryl methyl sites for hydroxylation is 1. The predicted octanol–water partition coefficient (Wildman–Crippen LogP) is 4.43. The number of rotatable bonds is 6. The average Bonchev–Trinajstić information content (AvgIpc) is 3.04. The van der Waals surface area contributed by atoms with E-state index in [0.717, 1.165) is 34.5 Å². The zero-order chi connectivity index (χ0) is 18.7. The van der Waals surface area contributed by atoms with Gasteiger partial charge in [0.05, 0.1) is 10.7 Å². The minimum Gasteiger partial charge on any atom is -0.241 e. The molecule has 1 N–H and O–H groups in total. The van der Waals surface area contributed by atoms with Gasteiger partial charge >= 0.3 is 0 Å². The molecule has 1 heterocycles. The van der Waals surface area contributed by atoms with Gasteiger partial charge in [0.25, 0.3) is 0 Å². The van der Waals surface area contributed by atoms with Gasteiger partial charge in [0.1, 0.15) is 15.7 Å². The summed E-state index contributed by atoms with van der Waals surface area (Å²) in [6.07, 6.45) is 0.445. The molecule has 0 bridgehead atoms. The molecule has 0 spiro atoms. The molecule has 0 radical (unpaired) electrons. The highest BCUT2D eigenvalue weighted by Gasteiger charge is 2.18. The van der Waals surface area contributed by atoms with Crippen LogP contribution in [0.3, 0.4) is 0 Å². The summed E-state index contributed by atoms with van der Waals surface area (Å²) < 4.78 is 40.1. The van der Waals surface area contributed by atoms with Crippen LogP contribution in [0, 0.1) is 12.7 Å². The summed E-state index contributed by atoms with van der Waals surface area (Å²) in [4.78, 5) is 4.40. The first-order chi connectivity index (χ1) is 12.3. The standard InChI is InChI=1S/C18H16ClFN2O2S2/c1-12-2-4-13(5-3-12)18-22-15(11-25-18)8-9-21-26(23,24)17-7-6-14(20)10-16(17)19/h2-7,10-11,21H,8-9H2,1H3. The summed E-state index contributed by atoms with van der Waals surface area (Å²) in [6.45, 7) is 2.20. The van der Waals surface area contributed by atoms with E-state index in [1.807, 2.05) is 36.6 Å². The van der Waals surface area contributed by atoms with Gasteiger partial charge in [-0.15, -0.1) is 11.3 Å². The summed E-state index contributed by atoms with van der Waals surface area (Å²) in [5, 5.41) is 2.66. The number of benzene rings is 2. The van der Waals surface area contributed by atoms with E-state index in [4.69, 9.17) is 11.6 Å². The highest BCUT2D eigenvalue weighted by Crippen LogP contribution is 2.24. The number of sulfonamides is 1. The number of hydrogen-bond acceptors (Lipinski definition) is 4. The van der Waals surface area contributed by atoms with E-state index in [1.165, 1.54) is 16.9 Å². The highest BCUT2D eigenvalue weighted by molar-refractivity contribution is 7.89. The summed E-state index contributed by atoms with van der Waals surface area (Å²) in [7, 11) is -3.80. The first-order valence-electron chi connectivity index (χ1n) is 7.81. The van der Waals surface area contributed by atoms with E-state index in [0.29, 0.717) is 6.42 Å². The Hall–Kier alpha value is -1.80. The zero-order valence-electron chi connectivity index (χ0n) is 13.9. The lowest BCUT2D eigenvalue weighted by Crippen LogP contribution is -2.26. The van der Waals surface area contributed by atoms with Gasteiger partial charge in [-0.3, -0.25) is 0 Å². The maximum atomic E-state index is 13.1. The largest absolute Gasteiger partial charge is 0.242 e. The van der Waals surface area contributed by atoms with Gasteiger partial charge in [-0.2, -0.15) is 0 Å². The molecule has 0 aliphatic heterocycles. The minimum absolute atomic E-state index is 0.140. The molecule has 2 aromatic carbocycles. The minimum atomic E-state index is -3.80. The van der Waals surface area contributed by atoms with Crippen LogP contribution in [0.1, 0.15) is 11.3 Å². The molecule has 0 amide bonds. The monoisotopic (exact) mass is 410 g/mol. The summed E-state index contributed by atoms with van der Waals surface area (Å²) in [6, 6.07) is 11.3. The first kappa shape index (κ1) is 19.0. The third-order valence-electron chi connectivity index (χ3n) is 3.71. The van der Waals surface area contributed by atoms with E-state index in [1.54, 1.807) is 0 Å². The average molecular weight is 411 g/mol. The molecule has 3 rings (SSSR count). The van der Waals surface area contributed by atoms with Crippen LogP contribution in [0.25, 0.3) is 10.6 Å². The van der Waals surface area contributed by atoms with Crippen LogP contribution < -0.4 is 4.72 Å². The molecular weight excluding hydrogens is 395 g/mol. The number of hydrogen-bond donors (Lipinski definition) is 1. The van der Waals surface area contributed by atoms with Crippen molar-refractivity contribution in [2.45, 2.75) is 18.2 Å². The Kier molecular flexibility index (Phi) is 5.72. The van der Waals surface area contributed by atoms with Crippen molar-refractivity contribution in [2.75, 3.05) is 6.54 Å². The van der Waals surface area contributed by atoms with Crippen LogP contribution in [0.5, 0.6) is 0 Å². The Morgan fingerprint density at radius 3 is 2.62 bits per heavy atom. The molecule has 26 heavy (non-hydrogen) atoms. The zero-order valence-corrected chi connectivity index (χ0v) is 16.3. The van der Waals surface area contributed by atoms with E-state index >= 15 is 0 Å². The van der Waals surface area contributed by atoms with Crippen LogP contribution in [0.4, 0.5) is 4.39 Å². The molecule has 0 aliphatic carbocycles. The van der Waals surface area contributed by atoms with Gasteiger partial charge in [0.15, 0.2) is 0 Å². The third-order valence-corrected chi connectivity index (χ3v) is 6.59. The number of thiazole rings is 1. The van der Waals surface area contributed by atoms with Crippen LogP contribution >= 0.6 is 22.9 Å². The highest BCUT2D eigenvalue weighted by atomic mass is 35.5. The molecule has 0 unspecified atom stereocenters. The fourth-order valence-electron chi connectivity index (χ4n) is 2.33. The van der Waals surface area contributed by atoms with Crippen LogP contribution in [0.2, 0.25) is 5.02 Å². The normalized spacial score (nSPS) is 11.7. The number of halogens is 2. The second kappa shape index (κ2) is 7.84. The maximum absolute atomic E-state index is 13.1. The van der Waals surface area contributed by atoms with E-state index < -0.39 is 15.8 Å². The molecular formula is C18H16ClFN2O2S2. The van der Waals surface area contributed by atoms with Crippen molar-refractivity contribution in [3.63, 3.8) is 0 Å². The second-order valence-corrected chi connectivity index (χ2v) is 8.73. The van der Waals surface area contributed by atoms with Crippen LogP contribution in [0.15, 0.2) is 52.7 Å². The predicted molar refractivity (Wildman–Crippen MR) is 103 cm³/mol. The lowest BCUT2D eigenvalue weighted by Gasteiger charge is -2.07. The van der Waals surface area contributed by atoms with E-state index in [2.05, 4.69) is 9.71 Å². The molecule has 0 fully saturated rings. The van der Waals surface area contributed by atoms with Crippen molar-refractivity contribution in [1.82, 2.24) is 9.71 Å². The molecule has 8 heteroatoms. The summed E-state index contributed by atoms with van der Waals surface area (Å²) in [5.41, 5.74) is 3.02. The summed E-state index contributed by atoms with van der Waals surface area (Å²) in [5.74, 6) is -0.583. The fourth-order valence-corrected chi connectivity index (χ4v) is 4.76. The van der Waals surface area contributed by atoms with E-state index in [-0.39, 0.29) is 16.5 Å². The molecule has 0 atom stereocenters. The van der Waals surface area contributed by atoms with Gasteiger partial charge in [0.2, 0.25) is 10.0 Å². The molecule has 4 nitrogen and oxygen atoms in total. The molecule has 136 valence electrons. The molecule has 1 aromatic heterocycles. The van der Waals surface area contributed by atoms with Gasteiger partial charge < -0.3 is 0 Å². The lowest BCUT2D eigenvalue weighted by molar-refractivity contribution is 0.580. The van der Waals surface area contributed by atoms with Crippen molar-refractivity contribution >= 4 is 33.0 Å². The Balaban J connectivity index is 1.64. The molecule has 0 saturated heterocycles. The van der Waals surface area contributed by atoms with Crippen LogP contribution in [-0.2, 0) is 16.4 Å². The topological polar surface area (TPSA) is 59.1 Å². The SMILES string of the molecule is Cc1ccc(-c2nc(CCNS(=O)(=O)c3ccc(F)cc3Cl)cs2)cc1. The van der Waals surface area contributed by atoms with Crippen molar-refractivity contribution in [3.8, 4) is 10.6 Å². The van der Waals surface area contributed by atoms with Gasteiger partial charge in [-0.1, -0.05) is 41.4 Å². The first-order valence-corrected chi connectivity index (χ1v) is 10.6. The smallest absolute Gasteiger partial charge is 0.241 e. The van der Waals surface area contributed by atoms with Crippen molar-refractivity contribution < 1.29 is 12.8 Å². The Bertz CT molecular complexity index is 1020.